The standard InChI is InChI=1S/C22H21ClN6S/c1-16-7-9-18(10-8-16)12-28-14-19(11-24-28)25-22(30)26-21-20(23)15-29(27-21)13-17-5-3-2-4-6-17/h2-11,14-15H,12-13H2,1H3,(H2,25,26,27,30). The number of nitrogens with zero attached hydrogens (tertiary/aromatic N) is 4. The topological polar surface area (TPSA) is 59.7 Å². The van der Waals surface area contributed by atoms with Crippen LogP contribution < -0.4 is 10.6 Å². The minimum atomic E-state index is 0.400. The highest BCUT2D eigenvalue weighted by Gasteiger charge is 2.10. The van der Waals surface area contributed by atoms with E-state index in [-0.39, 0.29) is 0 Å². The fraction of sp³-hybridized carbons (Fsp3) is 0.136. The molecule has 2 N–H and O–H groups in total. The van der Waals surface area contributed by atoms with E-state index in [1.165, 1.54) is 11.1 Å². The Balaban J connectivity index is 1.35. The minimum Gasteiger partial charge on any atom is -0.330 e. The molecule has 6 nitrogen and oxygen atoms in total. The van der Waals surface area contributed by atoms with Gasteiger partial charge in [-0.05, 0) is 30.3 Å². The fourth-order valence-corrected chi connectivity index (χ4v) is 3.41. The van der Waals surface area contributed by atoms with Crippen molar-refractivity contribution in [1.29, 1.82) is 0 Å². The molecule has 0 bridgehead atoms. The van der Waals surface area contributed by atoms with Crippen molar-refractivity contribution in [3.05, 3.63) is 94.9 Å². The molecule has 0 aliphatic rings. The van der Waals surface area contributed by atoms with E-state index in [1.54, 1.807) is 17.1 Å². The summed E-state index contributed by atoms with van der Waals surface area (Å²) in [5.41, 5.74) is 4.36. The van der Waals surface area contributed by atoms with Crippen LogP contribution in [0, 0.1) is 6.92 Å². The maximum Gasteiger partial charge on any atom is 0.176 e. The van der Waals surface area contributed by atoms with E-state index >= 15 is 0 Å². The van der Waals surface area contributed by atoms with Crippen molar-refractivity contribution >= 4 is 40.4 Å². The molecule has 0 saturated heterocycles. The molecule has 0 radical (unpaired) electrons. The first-order chi connectivity index (χ1) is 14.5. The molecule has 4 rings (SSSR count). The fourth-order valence-electron chi connectivity index (χ4n) is 3.00. The minimum absolute atomic E-state index is 0.400. The second kappa shape index (κ2) is 9.11. The third-order valence-electron chi connectivity index (χ3n) is 4.49. The van der Waals surface area contributed by atoms with Gasteiger partial charge in [-0.3, -0.25) is 9.36 Å². The Morgan fingerprint density at radius 3 is 2.40 bits per heavy atom. The van der Waals surface area contributed by atoms with Crippen LogP contribution in [0.2, 0.25) is 5.02 Å². The Kier molecular flexibility index (Phi) is 6.11. The van der Waals surface area contributed by atoms with Crippen LogP contribution >= 0.6 is 23.8 Å². The molecular formula is C22H21ClN6S. The summed E-state index contributed by atoms with van der Waals surface area (Å²) in [5, 5.41) is 15.9. The largest absolute Gasteiger partial charge is 0.330 e. The van der Waals surface area contributed by atoms with Crippen LogP contribution in [0.3, 0.4) is 0 Å². The smallest absolute Gasteiger partial charge is 0.176 e. The molecule has 0 unspecified atom stereocenters. The second-order valence-electron chi connectivity index (χ2n) is 7.00. The number of hydrogen-bond donors (Lipinski definition) is 2. The Hall–Kier alpha value is -3.16. The van der Waals surface area contributed by atoms with Crippen LogP contribution in [-0.2, 0) is 13.1 Å². The zero-order chi connectivity index (χ0) is 20.9. The molecule has 0 saturated carbocycles. The number of nitrogens with one attached hydrogen (secondary N) is 2. The van der Waals surface area contributed by atoms with Crippen LogP contribution in [0.25, 0.3) is 0 Å². The number of aryl methyl sites for hydroxylation is 1. The maximum atomic E-state index is 6.31. The van der Waals surface area contributed by atoms with Crippen LogP contribution in [-0.4, -0.2) is 24.7 Å². The van der Waals surface area contributed by atoms with Crippen LogP contribution in [0.5, 0.6) is 0 Å². The summed E-state index contributed by atoms with van der Waals surface area (Å²) < 4.78 is 3.64. The molecule has 0 aliphatic heterocycles. The van der Waals surface area contributed by atoms with Crippen molar-refractivity contribution in [2.45, 2.75) is 20.0 Å². The summed E-state index contributed by atoms with van der Waals surface area (Å²) in [6.45, 7) is 3.40. The van der Waals surface area contributed by atoms with Gasteiger partial charge in [-0.25, -0.2) is 0 Å². The molecule has 2 aromatic carbocycles. The molecule has 30 heavy (non-hydrogen) atoms. The lowest BCUT2D eigenvalue weighted by Gasteiger charge is -2.07. The molecule has 0 atom stereocenters. The van der Waals surface area contributed by atoms with Gasteiger partial charge in [-0.15, -0.1) is 0 Å². The van der Waals surface area contributed by atoms with E-state index in [4.69, 9.17) is 23.8 Å². The summed E-state index contributed by atoms with van der Waals surface area (Å²) in [5.74, 6) is 0.511. The molecule has 2 heterocycles. The van der Waals surface area contributed by atoms with E-state index < -0.39 is 0 Å². The van der Waals surface area contributed by atoms with E-state index in [1.807, 2.05) is 41.2 Å². The van der Waals surface area contributed by atoms with Crippen molar-refractivity contribution in [1.82, 2.24) is 19.6 Å². The van der Waals surface area contributed by atoms with Gasteiger partial charge in [0.1, 0.15) is 5.02 Å². The zero-order valence-electron chi connectivity index (χ0n) is 16.4. The molecular weight excluding hydrogens is 416 g/mol. The number of rotatable bonds is 6. The quantitative estimate of drug-likeness (QED) is 0.419. The van der Waals surface area contributed by atoms with E-state index in [0.717, 1.165) is 11.3 Å². The SMILES string of the molecule is Cc1ccc(Cn2cc(NC(=S)Nc3nn(Cc4ccccc4)cc3Cl)cn2)cc1. The summed E-state index contributed by atoms with van der Waals surface area (Å²) in [6, 6.07) is 18.5. The highest BCUT2D eigenvalue weighted by Crippen LogP contribution is 2.20. The maximum absolute atomic E-state index is 6.31. The number of hydrogen-bond acceptors (Lipinski definition) is 3. The predicted molar refractivity (Wildman–Crippen MR) is 125 cm³/mol. The van der Waals surface area contributed by atoms with E-state index in [0.29, 0.717) is 29.0 Å². The molecule has 0 aliphatic carbocycles. The number of aromatic nitrogens is 4. The first-order valence-corrected chi connectivity index (χ1v) is 10.3. The number of benzene rings is 2. The summed E-state index contributed by atoms with van der Waals surface area (Å²) in [7, 11) is 0. The first kappa shape index (κ1) is 20.1. The highest BCUT2D eigenvalue weighted by molar-refractivity contribution is 7.80. The number of anilines is 2. The van der Waals surface area contributed by atoms with Crippen molar-refractivity contribution in [2.75, 3.05) is 10.6 Å². The number of halogens is 1. The Labute approximate surface area is 185 Å². The summed E-state index contributed by atoms with van der Waals surface area (Å²) in [6.07, 6.45) is 5.42. The van der Waals surface area contributed by atoms with Crippen molar-refractivity contribution in [3.8, 4) is 0 Å². The predicted octanol–water partition coefficient (Wildman–Crippen LogP) is 4.95. The van der Waals surface area contributed by atoms with Crippen LogP contribution in [0.15, 0.2) is 73.2 Å². The number of thiocarbonyl (C=S) groups is 1. The average molecular weight is 437 g/mol. The van der Waals surface area contributed by atoms with Crippen molar-refractivity contribution in [3.63, 3.8) is 0 Å². The van der Waals surface area contributed by atoms with E-state index in [9.17, 15) is 0 Å². The highest BCUT2D eigenvalue weighted by atomic mass is 35.5. The molecule has 152 valence electrons. The van der Waals surface area contributed by atoms with Gasteiger partial charge >= 0.3 is 0 Å². The van der Waals surface area contributed by atoms with Crippen LogP contribution in [0.1, 0.15) is 16.7 Å². The van der Waals surface area contributed by atoms with Crippen molar-refractivity contribution < 1.29 is 0 Å². The molecule has 2 aromatic heterocycles. The van der Waals surface area contributed by atoms with Crippen molar-refractivity contribution in [2.24, 2.45) is 0 Å². The third kappa shape index (κ3) is 5.25. The Morgan fingerprint density at radius 1 is 0.933 bits per heavy atom. The average Bonchev–Trinajstić information content (AvgIpc) is 3.30. The summed E-state index contributed by atoms with van der Waals surface area (Å²) in [4.78, 5) is 0. The zero-order valence-corrected chi connectivity index (χ0v) is 18.0. The van der Waals surface area contributed by atoms with Gasteiger partial charge in [0.15, 0.2) is 10.9 Å². The van der Waals surface area contributed by atoms with Gasteiger partial charge in [-0.2, -0.15) is 10.2 Å². The van der Waals surface area contributed by atoms with Gasteiger partial charge in [-0.1, -0.05) is 71.8 Å². The first-order valence-electron chi connectivity index (χ1n) is 9.48. The third-order valence-corrected chi connectivity index (χ3v) is 4.97. The molecule has 0 fully saturated rings. The lowest BCUT2D eigenvalue weighted by atomic mass is 10.1. The normalized spacial score (nSPS) is 10.7. The monoisotopic (exact) mass is 436 g/mol. The van der Waals surface area contributed by atoms with Gasteiger partial charge in [0.25, 0.3) is 0 Å². The molecule has 8 heteroatoms. The Morgan fingerprint density at radius 2 is 1.63 bits per heavy atom. The van der Waals surface area contributed by atoms with E-state index in [2.05, 4.69) is 52.0 Å². The summed E-state index contributed by atoms with van der Waals surface area (Å²) >= 11 is 11.7. The van der Waals surface area contributed by atoms with Gasteiger partial charge < -0.3 is 10.6 Å². The molecule has 0 amide bonds. The Bertz CT molecular complexity index is 1130. The lowest BCUT2D eigenvalue weighted by molar-refractivity contribution is 0.687. The van der Waals surface area contributed by atoms with Gasteiger partial charge in [0.05, 0.1) is 25.0 Å². The molecule has 4 aromatic rings. The van der Waals surface area contributed by atoms with Gasteiger partial charge in [0.2, 0.25) is 0 Å². The lowest BCUT2D eigenvalue weighted by Crippen LogP contribution is -2.19. The second-order valence-corrected chi connectivity index (χ2v) is 7.82. The van der Waals surface area contributed by atoms with Crippen LogP contribution in [0.4, 0.5) is 11.5 Å². The van der Waals surface area contributed by atoms with Gasteiger partial charge in [0, 0.05) is 12.4 Å². The molecule has 0 spiro atoms.